The molecule has 1 saturated heterocycles. The number of carbonyl (C=O) groups excluding carboxylic acids is 3. The van der Waals surface area contributed by atoms with Crippen LogP contribution in [0.1, 0.15) is 67.6 Å². The summed E-state index contributed by atoms with van der Waals surface area (Å²) in [5.74, 6) is 5.71. The molecule has 2 aromatic heterocycles. The molecule has 1 aliphatic rings. The van der Waals surface area contributed by atoms with Crippen LogP contribution in [0.15, 0.2) is 66.2 Å². The number of likely N-dealkylation sites (tertiary alicyclic amines) is 1. The van der Waals surface area contributed by atoms with Crippen molar-refractivity contribution in [1.82, 2.24) is 20.4 Å². The Morgan fingerprint density at radius 1 is 1.11 bits per heavy atom. The zero-order chi connectivity index (χ0) is 32.8. The third-order valence-electron chi connectivity index (χ3n) is 7.38. The summed E-state index contributed by atoms with van der Waals surface area (Å²) in [5, 5.41) is 24.9. The van der Waals surface area contributed by atoms with Crippen LogP contribution < -0.4 is 10.6 Å². The Balaban J connectivity index is 1.27. The van der Waals surface area contributed by atoms with Crippen molar-refractivity contribution in [3.05, 3.63) is 87.7 Å². The van der Waals surface area contributed by atoms with E-state index in [4.69, 9.17) is 4.74 Å². The van der Waals surface area contributed by atoms with Crippen LogP contribution in [0.2, 0.25) is 0 Å². The molecule has 0 radical (unpaired) electrons. The number of ether oxygens (including phenoxy) is 1. The number of H-pyrrole nitrogens is 1. The highest BCUT2D eigenvalue weighted by Gasteiger charge is 2.37. The van der Waals surface area contributed by atoms with Crippen molar-refractivity contribution in [2.24, 2.45) is 0 Å². The Morgan fingerprint density at radius 2 is 1.89 bits per heavy atom. The van der Waals surface area contributed by atoms with Gasteiger partial charge in [0.05, 0.1) is 17.5 Å². The molecule has 0 aliphatic carbocycles. The standard InChI is InChI=1S/C35H37N5O5S/c1-22-10-17-28(41)26(20-22)30-24(21-36-39-30)14-11-23-12-15-25(16-13-23)37-32(42)27-8-5-6-18-40(27)33(43)31(29-9-7-19-46-29)38-34(44)45-35(2,3)4/h7,9-10,12-13,15-17,19-21,27,31,41H,5-6,8,18H2,1-4H3,(H,36,39)(H,37,42)(H,38,44)/t27-,31+/m0/s1. The number of rotatable bonds is 6. The highest BCUT2D eigenvalue weighted by atomic mass is 32.1. The van der Waals surface area contributed by atoms with Gasteiger partial charge in [0.15, 0.2) is 0 Å². The minimum absolute atomic E-state index is 0.137. The lowest BCUT2D eigenvalue weighted by atomic mass is 9.99. The number of hydrogen-bond donors (Lipinski definition) is 4. The first-order valence-corrected chi connectivity index (χ1v) is 16.0. The van der Waals surface area contributed by atoms with Crippen molar-refractivity contribution in [2.45, 2.75) is 64.6 Å². The van der Waals surface area contributed by atoms with E-state index in [1.807, 2.05) is 30.5 Å². The summed E-state index contributed by atoms with van der Waals surface area (Å²) in [6.07, 6.45) is 2.98. The highest BCUT2D eigenvalue weighted by molar-refractivity contribution is 7.10. The molecule has 2 atom stereocenters. The second-order valence-electron chi connectivity index (χ2n) is 12.1. The maximum Gasteiger partial charge on any atom is 0.408 e. The number of alkyl carbamates (subject to hydrolysis) is 1. The molecule has 46 heavy (non-hydrogen) atoms. The van der Waals surface area contributed by atoms with Gasteiger partial charge in [0.25, 0.3) is 5.91 Å². The normalized spacial score (nSPS) is 15.3. The number of aromatic hydroxyl groups is 1. The molecule has 0 unspecified atom stereocenters. The van der Waals surface area contributed by atoms with E-state index >= 15 is 0 Å². The molecule has 4 aromatic rings. The first-order chi connectivity index (χ1) is 22.0. The Morgan fingerprint density at radius 3 is 2.61 bits per heavy atom. The second-order valence-corrected chi connectivity index (χ2v) is 13.1. The average molecular weight is 640 g/mol. The largest absolute Gasteiger partial charge is 0.507 e. The number of benzene rings is 2. The van der Waals surface area contributed by atoms with E-state index in [0.29, 0.717) is 40.4 Å². The first kappa shape index (κ1) is 32.3. The molecular weight excluding hydrogens is 602 g/mol. The fourth-order valence-corrected chi connectivity index (χ4v) is 5.97. The van der Waals surface area contributed by atoms with E-state index in [1.165, 1.54) is 11.3 Å². The van der Waals surface area contributed by atoms with Gasteiger partial charge in [-0.05, 0) is 94.8 Å². The lowest BCUT2D eigenvalue weighted by molar-refractivity contribution is -0.142. The van der Waals surface area contributed by atoms with Gasteiger partial charge >= 0.3 is 6.09 Å². The minimum atomic E-state index is -0.966. The van der Waals surface area contributed by atoms with E-state index in [0.717, 1.165) is 24.0 Å². The molecule has 3 amide bonds. The molecule has 2 aromatic carbocycles. The molecule has 10 nitrogen and oxygen atoms in total. The maximum absolute atomic E-state index is 13.9. The Hall–Kier alpha value is -5.08. The van der Waals surface area contributed by atoms with E-state index in [9.17, 15) is 19.5 Å². The lowest BCUT2D eigenvalue weighted by Gasteiger charge is -2.37. The molecule has 0 bridgehead atoms. The van der Waals surface area contributed by atoms with Crippen molar-refractivity contribution in [3.8, 4) is 28.8 Å². The topological polar surface area (TPSA) is 137 Å². The quantitative estimate of drug-likeness (QED) is 0.187. The number of aromatic amines is 1. The maximum atomic E-state index is 13.9. The van der Waals surface area contributed by atoms with Crippen LogP contribution in [0.4, 0.5) is 10.5 Å². The number of anilines is 1. The zero-order valence-electron chi connectivity index (χ0n) is 26.2. The van der Waals surface area contributed by atoms with Crippen LogP contribution in [0, 0.1) is 18.8 Å². The van der Waals surface area contributed by atoms with E-state index in [2.05, 4.69) is 32.7 Å². The van der Waals surface area contributed by atoms with Gasteiger partial charge in [-0.25, -0.2) is 4.79 Å². The van der Waals surface area contributed by atoms with Gasteiger partial charge in [-0.15, -0.1) is 11.3 Å². The third-order valence-corrected chi connectivity index (χ3v) is 8.32. The van der Waals surface area contributed by atoms with Gasteiger partial charge in [-0.2, -0.15) is 5.10 Å². The summed E-state index contributed by atoms with van der Waals surface area (Å²) >= 11 is 1.35. The van der Waals surface area contributed by atoms with Crippen LogP contribution in [0.5, 0.6) is 5.75 Å². The molecule has 0 saturated carbocycles. The van der Waals surface area contributed by atoms with Crippen molar-refractivity contribution in [3.63, 3.8) is 0 Å². The number of nitrogens with zero attached hydrogens (tertiary/aromatic N) is 2. The lowest BCUT2D eigenvalue weighted by Crippen LogP contribution is -2.53. The number of hydrogen-bond acceptors (Lipinski definition) is 7. The third kappa shape index (κ3) is 7.95. The number of aryl methyl sites for hydroxylation is 1. The van der Waals surface area contributed by atoms with Crippen molar-refractivity contribution in [1.29, 1.82) is 0 Å². The van der Waals surface area contributed by atoms with Crippen LogP contribution in [0.25, 0.3) is 11.3 Å². The Kier molecular flexibility index (Phi) is 9.78. The van der Waals surface area contributed by atoms with Crippen molar-refractivity contribution >= 4 is 34.9 Å². The van der Waals surface area contributed by atoms with Gasteiger partial charge < -0.3 is 25.4 Å². The molecule has 1 aliphatic heterocycles. The monoisotopic (exact) mass is 639 g/mol. The van der Waals surface area contributed by atoms with Crippen LogP contribution in [-0.4, -0.2) is 56.3 Å². The Labute approximate surface area is 272 Å². The summed E-state index contributed by atoms with van der Waals surface area (Å²) < 4.78 is 5.42. The van der Waals surface area contributed by atoms with E-state index in [-0.39, 0.29) is 17.6 Å². The fraction of sp³-hybridized carbons (Fsp3) is 0.314. The molecular formula is C35H37N5O5S. The summed E-state index contributed by atoms with van der Waals surface area (Å²) in [6.45, 7) is 7.62. The number of carbonyl (C=O) groups is 3. The van der Waals surface area contributed by atoms with E-state index in [1.54, 1.807) is 68.3 Å². The van der Waals surface area contributed by atoms with Crippen LogP contribution >= 0.6 is 11.3 Å². The Bertz CT molecular complexity index is 1760. The van der Waals surface area contributed by atoms with Crippen molar-refractivity contribution < 1.29 is 24.2 Å². The predicted octanol–water partition coefficient (Wildman–Crippen LogP) is 6.14. The summed E-state index contributed by atoms with van der Waals surface area (Å²) in [7, 11) is 0. The first-order valence-electron chi connectivity index (χ1n) is 15.1. The summed E-state index contributed by atoms with van der Waals surface area (Å²) in [6, 6.07) is 14.4. The van der Waals surface area contributed by atoms with Gasteiger partial charge in [-0.1, -0.05) is 29.5 Å². The number of phenolic OH excluding ortho intramolecular Hbond substituents is 1. The smallest absolute Gasteiger partial charge is 0.408 e. The minimum Gasteiger partial charge on any atom is -0.507 e. The number of thiophene rings is 1. The highest BCUT2D eigenvalue weighted by Crippen LogP contribution is 2.31. The number of phenols is 1. The molecule has 11 heteroatoms. The summed E-state index contributed by atoms with van der Waals surface area (Å²) in [4.78, 5) is 42.3. The number of nitrogens with one attached hydrogen (secondary N) is 3. The molecule has 1 fully saturated rings. The molecule has 4 N–H and O–H groups in total. The van der Waals surface area contributed by atoms with Crippen LogP contribution in [0.3, 0.4) is 0 Å². The van der Waals surface area contributed by atoms with E-state index < -0.39 is 23.8 Å². The molecule has 0 spiro atoms. The average Bonchev–Trinajstić information content (AvgIpc) is 3.72. The van der Waals surface area contributed by atoms with Crippen molar-refractivity contribution in [2.75, 3.05) is 11.9 Å². The second kappa shape index (κ2) is 13.9. The van der Waals surface area contributed by atoms with Crippen LogP contribution in [-0.2, 0) is 14.3 Å². The zero-order valence-corrected chi connectivity index (χ0v) is 27.0. The molecule has 3 heterocycles. The van der Waals surface area contributed by atoms with Gasteiger partial charge in [0.1, 0.15) is 23.4 Å². The predicted molar refractivity (Wildman–Crippen MR) is 177 cm³/mol. The number of amides is 3. The number of aromatic nitrogens is 2. The fourth-order valence-electron chi connectivity index (χ4n) is 5.21. The SMILES string of the molecule is Cc1ccc(O)c(-c2[nH]ncc2C#Cc2ccc(NC(=O)[C@@H]3CCCCN3C(=O)[C@H](NC(=O)OC(C)(C)C)c3cccs3)cc2)c1. The summed E-state index contributed by atoms with van der Waals surface area (Å²) in [5.41, 5.74) is 3.46. The molecule has 5 rings (SSSR count). The van der Waals surface area contributed by atoms with Gasteiger partial charge in [0, 0.05) is 28.2 Å². The van der Waals surface area contributed by atoms with Gasteiger partial charge in [0.2, 0.25) is 5.91 Å². The molecule has 238 valence electrons. The van der Waals surface area contributed by atoms with Gasteiger partial charge in [-0.3, -0.25) is 14.7 Å². The number of piperidine rings is 1.